The molecule has 0 bridgehead atoms. The summed E-state index contributed by atoms with van der Waals surface area (Å²) in [5.41, 5.74) is -1.01. The maximum Gasteiger partial charge on any atom is 0.346 e. The lowest BCUT2D eigenvalue weighted by Gasteiger charge is -2.03. The molecule has 0 aliphatic heterocycles. The molecule has 0 unspecified atom stereocenters. The summed E-state index contributed by atoms with van der Waals surface area (Å²) in [6.45, 7) is 0. The maximum absolute atomic E-state index is 11.8. The molecule has 0 fully saturated rings. The molecule has 0 spiro atoms. The summed E-state index contributed by atoms with van der Waals surface area (Å²) < 4.78 is 2.02. The van der Waals surface area contributed by atoms with Crippen LogP contribution in [0.5, 0.6) is 0 Å². The van der Waals surface area contributed by atoms with Gasteiger partial charge < -0.3 is 5.11 Å². The van der Waals surface area contributed by atoms with E-state index in [1.54, 1.807) is 5.38 Å². The summed E-state index contributed by atoms with van der Waals surface area (Å²) >= 11 is 2.10. The van der Waals surface area contributed by atoms with Crippen LogP contribution in [0.1, 0.15) is 9.67 Å². The Balaban J connectivity index is 2.41. The highest BCUT2D eigenvalue weighted by Crippen LogP contribution is 2.28. The van der Waals surface area contributed by atoms with Gasteiger partial charge >= 0.3 is 11.7 Å². The first-order chi connectivity index (χ1) is 8.90. The van der Waals surface area contributed by atoms with Gasteiger partial charge in [-0.2, -0.15) is 5.10 Å². The van der Waals surface area contributed by atoms with Crippen LogP contribution in [-0.4, -0.2) is 25.4 Å². The molecule has 7 nitrogen and oxygen atoms in total. The molecule has 0 aliphatic rings. The number of hydrogen-bond acceptors (Lipinski definition) is 6. The van der Waals surface area contributed by atoms with Crippen LogP contribution >= 0.6 is 23.1 Å². The summed E-state index contributed by atoms with van der Waals surface area (Å²) in [7, 11) is 2.81. The van der Waals surface area contributed by atoms with Crippen molar-refractivity contribution in [2.24, 2.45) is 14.1 Å². The van der Waals surface area contributed by atoms with Crippen LogP contribution in [0.4, 0.5) is 0 Å². The van der Waals surface area contributed by atoms with Crippen LogP contribution in [0.25, 0.3) is 0 Å². The molecule has 0 amide bonds. The molecule has 0 radical (unpaired) electrons. The summed E-state index contributed by atoms with van der Waals surface area (Å²) in [5.74, 6) is -1.02. The topological polar surface area (TPSA) is 94.2 Å². The first kappa shape index (κ1) is 13.6. The third-order valence-electron chi connectivity index (χ3n) is 2.29. The predicted octanol–water partition coefficient (Wildman–Crippen LogP) is 0.390. The van der Waals surface area contributed by atoms with Crippen LogP contribution in [-0.2, 0) is 14.1 Å². The largest absolute Gasteiger partial charge is 0.477 e. The summed E-state index contributed by atoms with van der Waals surface area (Å²) in [4.78, 5) is 34.9. The monoisotopic (exact) mass is 299 g/mol. The lowest BCUT2D eigenvalue weighted by atomic mass is 10.5. The summed E-state index contributed by atoms with van der Waals surface area (Å²) in [5, 5.41) is 14.4. The maximum atomic E-state index is 11.8. The number of hydrogen-bond donors (Lipinski definition) is 1. The second-order valence-electron chi connectivity index (χ2n) is 3.63. The number of aryl methyl sites for hydroxylation is 1. The van der Waals surface area contributed by atoms with E-state index in [1.807, 2.05) is 0 Å². The molecule has 9 heteroatoms. The first-order valence-electron chi connectivity index (χ1n) is 5.04. The van der Waals surface area contributed by atoms with Crippen LogP contribution in [0, 0.1) is 0 Å². The van der Waals surface area contributed by atoms with E-state index in [0.717, 1.165) is 32.3 Å². The standard InChI is InChI=1S/C10H9N3O4S2/c1-12-8(14)7(11-13(2)10(12)17)19-5-3-6(9(15)16)18-4-5/h3-4H,1-2H3,(H,15,16). The Morgan fingerprint density at radius 1 is 1.42 bits per heavy atom. The Labute approximate surface area is 115 Å². The molecule has 2 rings (SSSR count). The normalized spacial score (nSPS) is 10.6. The third kappa shape index (κ3) is 2.61. The number of thiophene rings is 1. The highest BCUT2D eigenvalue weighted by Gasteiger charge is 2.13. The zero-order chi connectivity index (χ0) is 14.2. The smallest absolute Gasteiger partial charge is 0.346 e. The number of nitrogens with zero attached hydrogens (tertiary/aromatic N) is 3. The van der Waals surface area contributed by atoms with E-state index in [1.165, 1.54) is 20.2 Å². The van der Waals surface area contributed by atoms with Gasteiger partial charge in [0.1, 0.15) is 4.88 Å². The van der Waals surface area contributed by atoms with Gasteiger partial charge in [-0.25, -0.2) is 14.3 Å². The number of aromatic carboxylic acids is 1. The average Bonchev–Trinajstić information content (AvgIpc) is 2.82. The molecule has 100 valence electrons. The van der Waals surface area contributed by atoms with Gasteiger partial charge in [-0.15, -0.1) is 11.3 Å². The molecular weight excluding hydrogens is 290 g/mol. The van der Waals surface area contributed by atoms with E-state index in [-0.39, 0.29) is 9.90 Å². The summed E-state index contributed by atoms with van der Waals surface area (Å²) in [6.07, 6.45) is 0. The van der Waals surface area contributed by atoms with E-state index in [0.29, 0.717) is 4.90 Å². The SMILES string of the molecule is Cn1nc(Sc2csc(C(=O)O)c2)c(=O)n(C)c1=O. The third-order valence-corrected chi connectivity index (χ3v) is 4.28. The lowest BCUT2D eigenvalue weighted by molar-refractivity contribution is 0.0702. The van der Waals surface area contributed by atoms with Gasteiger partial charge in [0.2, 0.25) is 0 Å². The van der Waals surface area contributed by atoms with E-state index in [2.05, 4.69) is 5.10 Å². The van der Waals surface area contributed by atoms with Gasteiger partial charge in [-0.3, -0.25) is 9.36 Å². The van der Waals surface area contributed by atoms with E-state index >= 15 is 0 Å². The van der Waals surface area contributed by atoms with E-state index in [9.17, 15) is 14.4 Å². The zero-order valence-corrected chi connectivity index (χ0v) is 11.6. The number of carboxylic acids is 1. The van der Waals surface area contributed by atoms with Gasteiger partial charge in [0.15, 0.2) is 5.03 Å². The van der Waals surface area contributed by atoms with Crippen molar-refractivity contribution in [2.45, 2.75) is 9.92 Å². The van der Waals surface area contributed by atoms with Crippen LogP contribution in [0.15, 0.2) is 31.0 Å². The lowest BCUT2D eigenvalue weighted by Crippen LogP contribution is -2.39. The van der Waals surface area contributed by atoms with Crippen molar-refractivity contribution in [3.63, 3.8) is 0 Å². The number of carbonyl (C=O) groups is 1. The Morgan fingerprint density at radius 2 is 2.11 bits per heavy atom. The number of carboxylic acid groups (broad SMARTS) is 1. The minimum absolute atomic E-state index is 0.124. The van der Waals surface area contributed by atoms with E-state index < -0.39 is 17.2 Å². The second-order valence-corrected chi connectivity index (χ2v) is 5.60. The highest BCUT2D eigenvalue weighted by atomic mass is 32.2. The first-order valence-corrected chi connectivity index (χ1v) is 6.74. The predicted molar refractivity (Wildman–Crippen MR) is 70.1 cm³/mol. The minimum Gasteiger partial charge on any atom is -0.477 e. The molecule has 0 aromatic carbocycles. The fraction of sp³-hybridized carbons (Fsp3) is 0.200. The van der Waals surface area contributed by atoms with Crippen molar-refractivity contribution in [2.75, 3.05) is 0 Å². The van der Waals surface area contributed by atoms with Gasteiger partial charge in [0, 0.05) is 24.4 Å². The molecule has 0 saturated heterocycles. The summed E-state index contributed by atoms with van der Waals surface area (Å²) in [6, 6.07) is 1.46. The van der Waals surface area contributed by atoms with Crippen molar-refractivity contribution < 1.29 is 9.90 Å². The van der Waals surface area contributed by atoms with Crippen molar-refractivity contribution in [1.82, 2.24) is 14.3 Å². The van der Waals surface area contributed by atoms with E-state index in [4.69, 9.17) is 5.11 Å². The molecule has 2 aromatic heterocycles. The van der Waals surface area contributed by atoms with Crippen LogP contribution < -0.4 is 11.2 Å². The van der Waals surface area contributed by atoms with Gasteiger partial charge in [0.05, 0.1) is 0 Å². The molecule has 1 N–H and O–H groups in total. The molecule has 2 heterocycles. The van der Waals surface area contributed by atoms with Crippen molar-refractivity contribution in [3.8, 4) is 0 Å². The molecule has 0 atom stereocenters. The minimum atomic E-state index is -1.02. The Kier molecular flexibility index (Phi) is 3.58. The highest BCUT2D eigenvalue weighted by molar-refractivity contribution is 7.99. The Morgan fingerprint density at radius 3 is 2.68 bits per heavy atom. The van der Waals surface area contributed by atoms with Gasteiger partial charge in [0.25, 0.3) is 5.56 Å². The molecule has 2 aromatic rings. The fourth-order valence-electron chi connectivity index (χ4n) is 1.33. The average molecular weight is 299 g/mol. The van der Waals surface area contributed by atoms with Crippen molar-refractivity contribution in [3.05, 3.63) is 37.2 Å². The Bertz CT molecular complexity index is 759. The molecule has 0 saturated carbocycles. The second kappa shape index (κ2) is 5.02. The zero-order valence-electron chi connectivity index (χ0n) is 9.98. The van der Waals surface area contributed by atoms with Crippen LogP contribution in [0.3, 0.4) is 0 Å². The molecular formula is C10H9N3O4S2. The van der Waals surface area contributed by atoms with Gasteiger partial charge in [-0.05, 0) is 6.07 Å². The van der Waals surface area contributed by atoms with Crippen molar-refractivity contribution >= 4 is 29.1 Å². The number of rotatable bonds is 3. The fourth-order valence-corrected chi connectivity index (χ4v) is 3.14. The van der Waals surface area contributed by atoms with Gasteiger partial charge in [-0.1, -0.05) is 11.8 Å². The quantitative estimate of drug-likeness (QED) is 0.881. The van der Waals surface area contributed by atoms with Crippen LogP contribution in [0.2, 0.25) is 0 Å². The number of aromatic nitrogens is 3. The van der Waals surface area contributed by atoms with Crippen molar-refractivity contribution in [1.29, 1.82) is 0 Å². The molecule has 19 heavy (non-hydrogen) atoms. The Hall–Kier alpha value is -1.87. The molecule has 0 aliphatic carbocycles.